The van der Waals surface area contributed by atoms with Crippen molar-refractivity contribution in [2.24, 2.45) is 5.84 Å². The molecular formula is C10H17N5O3S. The summed E-state index contributed by atoms with van der Waals surface area (Å²) in [5, 5.41) is 2.27. The van der Waals surface area contributed by atoms with Crippen molar-refractivity contribution >= 4 is 21.6 Å². The van der Waals surface area contributed by atoms with E-state index in [9.17, 15) is 13.2 Å². The predicted octanol–water partition coefficient (Wildman–Crippen LogP) is -0.830. The van der Waals surface area contributed by atoms with Gasteiger partial charge in [0.05, 0.1) is 11.7 Å². The Hall–Kier alpha value is -1.71. The summed E-state index contributed by atoms with van der Waals surface area (Å²) in [7, 11) is -3.93. The molecule has 0 saturated heterocycles. The number of hydrogen-bond donors (Lipinski definition) is 4. The third-order valence-electron chi connectivity index (χ3n) is 2.26. The predicted molar refractivity (Wildman–Crippen MR) is 70.5 cm³/mol. The second kappa shape index (κ2) is 6.45. The van der Waals surface area contributed by atoms with Crippen LogP contribution in [0.3, 0.4) is 0 Å². The zero-order valence-electron chi connectivity index (χ0n) is 10.7. The number of likely N-dealkylation sites (N-methyl/N-ethyl adjacent to an activating group) is 1. The number of sulfonamides is 1. The van der Waals surface area contributed by atoms with Crippen molar-refractivity contribution in [3.8, 4) is 0 Å². The molecule has 0 aliphatic carbocycles. The zero-order valence-corrected chi connectivity index (χ0v) is 11.5. The largest absolute Gasteiger partial charge is 0.355 e. The smallest absolute Gasteiger partial charge is 0.260 e. The van der Waals surface area contributed by atoms with E-state index in [1.165, 1.54) is 19.2 Å². The number of carbonyl (C=O) groups is 1. The van der Waals surface area contributed by atoms with Crippen LogP contribution in [0.1, 0.15) is 13.8 Å². The van der Waals surface area contributed by atoms with E-state index >= 15 is 0 Å². The lowest BCUT2D eigenvalue weighted by Gasteiger charge is -2.14. The molecule has 9 heteroatoms. The van der Waals surface area contributed by atoms with Gasteiger partial charge in [0.25, 0.3) is 10.0 Å². The second-order valence-corrected chi connectivity index (χ2v) is 5.37. The third-order valence-corrected chi connectivity index (χ3v) is 3.76. The van der Waals surface area contributed by atoms with Crippen LogP contribution in [0, 0.1) is 0 Å². The first kappa shape index (κ1) is 15.3. The molecule has 1 unspecified atom stereocenters. The highest BCUT2D eigenvalue weighted by molar-refractivity contribution is 7.89. The summed E-state index contributed by atoms with van der Waals surface area (Å²) in [4.78, 5) is 15.3. The van der Waals surface area contributed by atoms with Crippen molar-refractivity contribution in [3.63, 3.8) is 0 Å². The highest BCUT2D eigenvalue weighted by atomic mass is 32.2. The van der Waals surface area contributed by atoms with E-state index in [2.05, 4.69) is 20.4 Å². The number of nitrogens with two attached hydrogens (primary N) is 1. The van der Waals surface area contributed by atoms with Crippen molar-refractivity contribution in [2.75, 3.05) is 12.0 Å². The van der Waals surface area contributed by atoms with E-state index in [-0.39, 0.29) is 10.7 Å². The summed E-state index contributed by atoms with van der Waals surface area (Å²) in [6, 6.07) is 2.11. The van der Waals surface area contributed by atoms with Crippen molar-refractivity contribution in [1.82, 2.24) is 15.0 Å². The molecule has 0 spiro atoms. The highest BCUT2D eigenvalue weighted by Gasteiger charge is 2.25. The topological polar surface area (TPSA) is 126 Å². The summed E-state index contributed by atoms with van der Waals surface area (Å²) in [6.45, 7) is 3.61. The van der Waals surface area contributed by atoms with Gasteiger partial charge >= 0.3 is 0 Å². The van der Waals surface area contributed by atoms with Gasteiger partial charge < -0.3 is 10.7 Å². The number of nitrogens with one attached hydrogen (secondary N) is 3. The normalized spacial score (nSPS) is 12.8. The summed E-state index contributed by atoms with van der Waals surface area (Å²) in [5.74, 6) is 4.81. The lowest BCUT2D eigenvalue weighted by atomic mass is 10.3. The number of pyridine rings is 1. The maximum atomic E-state index is 12.1. The number of nitrogen functional groups attached to an aromatic ring is 1. The van der Waals surface area contributed by atoms with Crippen molar-refractivity contribution in [2.45, 2.75) is 24.9 Å². The van der Waals surface area contributed by atoms with Crippen LogP contribution in [-0.4, -0.2) is 31.9 Å². The first-order chi connectivity index (χ1) is 8.92. The van der Waals surface area contributed by atoms with E-state index < -0.39 is 22.0 Å². The Balaban J connectivity index is 2.96. The molecule has 0 aliphatic rings. The SMILES string of the molecule is CCNC(=O)C(C)NS(=O)(=O)c1ncccc1NN. The summed E-state index contributed by atoms with van der Waals surface area (Å²) in [6.07, 6.45) is 1.33. The molecule has 1 rings (SSSR count). The van der Waals surface area contributed by atoms with Gasteiger partial charge in [0.2, 0.25) is 5.91 Å². The minimum atomic E-state index is -3.93. The van der Waals surface area contributed by atoms with Crippen molar-refractivity contribution in [3.05, 3.63) is 18.3 Å². The monoisotopic (exact) mass is 287 g/mol. The molecule has 1 atom stereocenters. The van der Waals surface area contributed by atoms with E-state index in [0.717, 1.165) is 0 Å². The van der Waals surface area contributed by atoms with Crippen LogP contribution < -0.4 is 21.3 Å². The minimum absolute atomic E-state index is 0.151. The summed E-state index contributed by atoms with van der Waals surface area (Å²) < 4.78 is 26.4. The van der Waals surface area contributed by atoms with E-state index in [1.54, 1.807) is 13.0 Å². The van der Waals surface area contributed by atoms with Crippen LogP contribution >= 0.6 is 0 Å². The molecule has 19 heavy (non-hydrogen) atoms. The summed E-state index contributed by atoms with van der Waals surface area (Å²) in [5.41, 5.74) is 2.40. The summed E-state index contributed by atoms with van der Waals surface area (Å²) >= 11 is 0. The van der Waals surface area contributed by atoms with Gasteiger partial charge in [-0.05, 0) is 26.0 Å². The van der Waals surface area contributed by atoms with Crippen LogP contribution in [0.25, 0.3) is 0 Å². The fraction of sp³-hybridized carbons (Fsp3) is 0.400. The first-order valence-corrected chi connectivity index (χ1v) is 7.12. The van der Waals surface area contributed by atoms with E-state index in [4.69, 9.17) is 5.84 Å². The number of amides is 1. The minimum Gasteiger partial charge on any atom is -0.355 e. The third kappa shape index (κ3) is 3.88. The molecule has 1 heterocycles. The molecule has 0 saturated carbocycles. The van der Waals surface area contributed by atoms with Crippen molar-refractivity contribution in [1.29, 1.82) is 0 Å². The van der Waals surface area contributed by atoms with E-state index in [0.29, 0.717) is 6.54 Å². The number of nitrogens with zero attached hydrogens (tertiary/aromatic N) is 1. The Kier molecular flexibility index (Phi) is 5.21. The molecule has 0 aromatic carbocycles. The molecule has 0 radical (unpaired) electrons. The molecule has 1 aromatic heterocycles. The van der Waals surface area contributed by atoms with Crippen LogP contribution in [0.15, 0.2) is 23.4 Å². The average Bonchev–Trinajstić information content (AvgIpc) is 2.38. The van der Waals surface area contributed by atoms with Crippen LogP contribution in [0.2, 0.25) is 0 Å². The van der Waals surface area contributed by atoms with Crippen LogP contribution in [0.4, 0.5) is 5.69 Å². The molecule has 1 aromatic rings. The molecule has 0 bridgehead atoms. The quantitative estimate of drug-likeness (QED) is 0.399. The number of carbonyl (C=O) groups excluding carboxylic acids is 1. The lowest BCUT2D eigenvalue weighted by Crippen LogP contribution is -2.45. The molecule has 0 fully saturated rings. The first-order valence-electron chi connectivity index (χ1n) is 5.64. The van der Waals surface area contributed by atoms with Gasteiger partial charge in [-0.15, -0.1) is 0 Å². The Bertz CT molecular complexity index is 546. The van der Waals surface area contributed by atoms with Crippen LogP contribution in [-0.2, 0) is 14.8 Å². The van der Waals surface area contributed by atoms with Gasteiger partial charge in [0, 0.05) is 12.7 Å². The second-order valence-electron chi connectivity index (χ2n) is 3.74. The van der Waals surface area contributed by atoms with Gasteiger partial charge in [0.15, 0.2) is 5.03 Å². The zero-order chi connectivity index (χ0) is 14.5. The fourth-order valence-corrected chi connectivity index (χ4v) is 2.68. The standard InChI is InChI=1S/C10H17N5O3S/c1-3-12-9(16)7(2)15-19(17,18)10-8(14-11)5-4-6-13-10/h4-7,14-15H,3,11H2,1-2H3,(H,12,16). The Morgan fingerprint density at radius 2 is 2.21 bits per heavy atom. The molecule has 106 valence electrons. The molecule has 8 nitrogen and oxygen atoms in total. The number of anilines is 1. The number of aromatic nitrogens is 1. The maximum absolute atomic E-state index is 12.1. The highest BCUT2D eigenvalue weighted by Crippen LogP contribution is 2.16. The number of rotatable bonds is 6. The van der Waals surface area contributed by atoms with Gasteiger partial charge in [-0.3, -0.25) is 10.6 Å². The van der Waals surface area contributed by atoms with Gasteiger partial charge in [-0.1, -0.05) is 0 Å². The molecular weight excluding hydrogens is 270 g/mol. The lowest BCUT2D eigenvalue weighted by molar-refractivity contribution is -0.122. The van der Waals surface area contributed by atoms with Gasteiger partial charge in [-0.2, -0.15) is 4.72 Å². The molecule has 0 aliphatic heterocycles. The Morgan fingerprint density at radius 1 is 1.53 bits per heavy atom. The Morgan fingerprint density at radius 3 is 2.79 bits per heavy atom. The average molecular weight is 287 g/mol. The van der Waals surface area contributed by atoms with Crippen LogP contribution in [0.5, 0.6) is 0 Å². The van der Waals surface area contributed by atoms with E-state index in [1.807, 2.05) is 0 Å². The van der Waals surface area contributed by atoms with Gasteiger partial charge in [-0.25, -0.2) is 13.4 Å². The Labute approximate surface area is 111 Å². The van der Waals surface area contributed by atoms with Crippen molar-refractivity contribution < 1.29 is 13.2 Å². The maximum Gasteiger partial charge on any atom is 0.260 e. The molecule has 5 N–H and O–H groups in total. The molecule has 1 amide bonds. The number of hydrazine groups is 1. The number of hydrogen-bond acceptors (Lipinski definition) is 6. The van der Waals surface area contributed by atoms with Gasteiger partial charge in [0.1, 0.15) is 0 Å². The fourth-order valence-electron chi connectivity index (χ4n) is 1.38.